The molecule has 0 aliphatic rings. The second-order valence-electron chi connectivity index (χ2n) is 5.48. The molecule has 0 radical (unpaired) electrons. The summed E-state index contributed by atoms with van der Waals surface area (Å²) in [5.74, 6) is 1.79. The van der Waals surface area contributed by atoms with E-state index in [1.165, 1.54) is 7.11 Å². The number of rotatable bonds is 2. The van der Waals surface area contributed by atoms with E-state index in [2.05, 4.69) is 9.97 Å². The fourth-order valence-corrected chi connectivity index (χ4v) is 3.04. The van der Waals surface area contributed by atoms with Gasteiger partial charge in [0.15, 0.2) is 17.1 Å². The molecular weight excluding hydrogens is 306 g/mol. The molecule has 24 heavy (non-hydrogen) atoms. The predicted molar refractivity (Wildman–Crippen MR) is 92.1 cm³/mol. The molecule has 2 heterocycles. The average molecular weight is 321 g/mol. The highest BCUT2D eigenvalue weighted by molar-refractivity contribution is 5.95. The molecule has 2 aromatic carbocycles. The normalized spacial score (nSPS) is 11.3. The Balaban J connectivity index is 2.29. The van der Waals surface area contributed by atoms with E-state index in [4.69, 9.17) is 9.47 Å². The Hall–Kier alpha value is -3.15. The second-order valence-corrected chi connectivity index (χ2v) is 5.48. The minimum absolute atomic E-state index is 0.304. The first kappa shape index (κ1) is 14.4. The first-order valence-electron chi connectivity index (χ1n) is 7.48. The fourth-order valence-electron chi connectivity index (χ4n) is 3.04. The van der Waals surface area contributed by atoms with Gasteiger partial charge in [0.05, 0.1) is 30.6 Å². The average Bonchev–Trinajstić information content (AvgIpc) is 2.60. The van der Waals surface area contributed by atoms with Crippen LogP contribution in [0.3, 0.4) is 0 Å². The molecule has 0 amide bonds. The van der Waals surface area contributed by atoms with Crippen molar-refractivity contribution in [3.8, 4) is 11.5 Å². The summed E-state index contributed by atoms with van der Waals surface area (Å²) in [6, 6.07) is 11.1. The number of aryl methyl sites for hydroxylation is 1. The van der Waals surface area contributed by atoms with E-state index >= 15 is 0 Å². The quantitative estimate of drug-likeness (QED) is 0.531. The van der Waals surface area contributed by atoms with Gasteiger partial charge in [0.25, 0.3) is 5.56 Å². The summed E-state index contributed by atoms with van der Waals surface area (Å²) < 4.78 is 12.6. The number of methoxy groups -OCH3 is 2. The lowest BCUT2D eigenvalue weighted by molar-refractivity contribution is 0.355. The number of hydrogen-bond acceptors (Lipinski definition) is 5. The lowest BCUT2D eigenvalue weighted by Gasteiger charge is -2.13. The van der Waals surface area contributed by atoms with E-state index in [0.717, 1.165) is 16.7 Å². The molecule has 0 aliphatic carbocycles. The highest BCUT2D eigenvalue weighted by Gasteiger charge is 2.15. The summed E-state index contributed by atoms with van der Waals surface area (Å²) in [5.41, 5.74) is 1.78. The number of nitrogens with zero attached hydrogens (tertiary/aromatic N) is 3. The molecule has 0 spiro atoms. The van der Waals surface area contributed by atoms with Crippen LogP contribution in [0.4, 0.5) is 0 Å². The number of benzene rings is 2. The smallest absolute Gasteiger partial charge is 0.281 e. The van der Waals surface area contributed by atoms with E-state index in [1.54, 1.807) is 19.2 Å². The van der Waals surface area contributed by atoms with Crippen LogP contribution in [0, 0.1) is 6.92 Å². The van der Waals surface area contributed by atoms with Crippen molar-refractivity contribution < 1.29 is 9.47 Å². The molecule has 120 valence electrons. The summed E-state index contributed by atoms with van der Waals surface area (Å²) in [5, 5.41) is 1.29. The number of ether oxygens (including phenoxy) is 2. The van der Waals surface area contributed by atoms with E-state index in [0.29, 0.717) is 28.0 Å². The van der Waals surface area contributed by atoms with E-state index in [1.807, 2.05) is 35.6 Å². The summed E-state index contributed by atoms with van der Waals surface area (Å²) in [6.07, 6.45) is 0. The molecule has 0 saturated heterocycles. The van der Waals surface area contributed by atoms with Gasteiger partial charge in [0.1, 0.15) is 5.82 Å². The summed E-state index contributed by atoms with van der Waals surface area (Å²) in [7, 11) is 3.10. The zero-order chi connectivity index (χ0) is 16.8. The van der Waals surface area contributed by atoms with Gasteiger partial charge in [-0.15, -0.1) is 0 Å². The topological polar surface area (TPSA) is 65.7 Å². The van der Waals surface area contributed by atoms with Gasteiger partial charge < -0.3 is 9.47 Å². The fraction of sp³-hybridized carbons (Fsp3) is 0.167. The summed E-state index contributed by atoms with van der Waals surface area (Å²) in [4.78, 5) is 21.5. The first-order valence-corrected chi connectivity index (χ1v) is 7.48. The molecule has 4 aromatic rings. The maximum absolute atomic E-state index is 12.6. The third-order valence-electron chi connectivity index (χ3n) is 4.14. The Labute approximate surface area is 137 Å². The molecule has 2 aromatic heterocycles. The molecule has 6 nitrogen and oxygen atoms in total. The van der Waals surface area contributed by atoms with Crippen LogP contribution < -0.4 is 15.0 Å². The molecule has 0 unspecified atom stereocenters. The largest absolute Gasteiger partial charge is 0.493 e. The van der Waals surface area contributed by atoms with Crippen LogP contribution in [0.1, 0.15) is 5.82 Å². The van der Waals surface area contributed by atoms with Crippen molar-refractivity contribution in [2.45, 2.75) is 6.92 Å². The second kappa shape index (κ2) is 5.19. The van der Waals surface area contributed by atoms with E-state index in [-0.39, 0.29) is 5.56 Å². The molecular formula is C18H15N3O3. The van der Waals surface area contributed by atoms with Gasteiger partial charge in [0, 0.05) is 11.5 Å². The maximum atomic E-state index is 12.6. The monoisotopic (exact) mass is 321 g/mol. The Morgan fingerprint density at radius 1 is 0.958 bits per heavy atom. The van der Waals surface area contributed by atoms with Crippen LogP contribution in [0.2, 0.25) is 0 Å². The zero-order valence-corrected chi connectivity index (χ0v) is 13.5. The number of aromatic nitrogens is 3. The third-order valence-corrected chi connectivity index (χ3v) is 4.14. The number of hydrogen-bond donors (Lipinski definition) is 0. The highest BCUT2D eigenvalue weighted by atomic mass is 16.5. The molecule has 0 N–H and O–H groups in total. The minimum atomic E-state index is -0.304. The SMILES string of the molecule is COc1cc2c(=O)nc3c4ccccc4nc(C)n3c2cc1OC. The van der Waals surface area contributed by atoms with Gasteiger partial charge in [-0.25, -0.2) is 4.98 Å². The molecule has 4 rings (SSSR count). The van der Waals surface area contributed by atoms with Gasteiger partial charge in [-0.2, -0.15) is 4.98 Å². The summed E-state index contributed by atoms with van der Waals surface area (Å²) in [6.45, 7) is 1.89. The van der Waals surface area contributed by atoms with Crippen LogP contribution in [0.5, 0.6) is 11.5 Å². The predicted octanol–water partition coefficient (Wildman–Crippen LogP) is 2.72. The molecule has 0 atom stereocenters. The van der Waals surface area contributed by atoms with Crippen molar-refractivity contribution in [1.29, 1.82) is 0 Å². The van der Waals surface area contributed by atoms with Crippen LogP contribution in [0.15, 0.2) is 41.2 Å². The van der Waals surface area contributed by atoms with Gasteiger partial charge >= 0.3 is 0 Å². The van der Waals surface area contributed by atoms with Crippen molar-refractivity contribution in [1.82, 2.24) is 14.4 Å². The molecule has 0 fully saturated rings. The Bertz CT molecular complexity index is 1170. The third kappa shape index (κ3) is 1.93. The Kier molecular flexibility index (Phi) is 3.13. The van der Waals surface area contributed by atoms with Crippen LogP contribution >= 0.6 is 0 Å². The first-order chi connectivity index (χ1) is 11.6. The van der Waals surface area contributed by atoms with E-state index in [9.17, 15) is 4.79 Å². The highest BCUT2D eigenvalue weighted by Crippen LogP contribution is 2.32. The van der Waals surface area contributed by atoms with Crippen molar-refractivity contribution in [3.63, 3.8) is 0 Å². The lowest BCUT2D eigenvalue weighted by atomic mass is 10.2. The van der Waals surface area contributed by atoms with Crippen LogP contribution in [-0.4, -0.2) is 28.6 Å². The van der Waals surface area contributed by atoms with Gasteiger partial charge in [-0.3, -0.25) is 9.20 Å². The number of para-hydroxylation sites is 1. The molecule has 6 heteroatoms. The van der Waals surface area contributed by atoms with Gasteiger partial charge in [0.2, 0.25) is 0 Å². The molecule has 0 bridgehead atoms. The van der Waals surface area contributed by atoms with Gasteiger partial charge in [-0.1, -0.05) is 12.1 Å². The van der Waals surface area contributed by atoms with Crippen molar-refractivity contribution in [3.05, 3.63) is 52.6 Å². The minimum Gasteiger partial charge on any atom is -0.493 e. The van der Waals surface area contributed by atoms with Crippen molar-refractivity contribution in [2.24, 2.45) is 0 Å². The van der Waals surface area contributed by atoms with Crippen LogP contribution in [-0.2, 0) is 0 Å². The maximum Gasteiger partial charge on any atom is 0.281 e. The van der Waals surface area contributed by atoms with Gasteiger partial charge in [-0.05, 0) is 25.1 Å². The van der Waals surface area contributed by atoms with Crippen LogP contribution in [0.25, 0.3) is 27.5 Å². The standard InChI is InChI=1S/C18H15N3O3/c1-10-19-13-7-5-4-6-11(13)17-20-18(22)12-8-15(23-2)16(24-3)9-14(12)21(10)17/h4-9H,1-3H3. The molecule has 0 aliphatic heterocycles. The number of fused-ring (bicyclic) bond motifs is 5. The zero-order valence-electron chi connectivity index (χ0n) is 13.5. The van der Waals surface area contributed by atoms with Crippen molar-refractivity contribution >= 4 is 27.5 Å². The molecule has 0 saturated carbocycles. The Morgan fingerprint density at radius 2 is 1.67 bits per heavy atom. The Morgan fingerprint density at radius 3 is 2.42 bits per heavy atom. The van der Waals surface area contributed by atoms with E-state index < -0.39 is 0 Å². The summed E-state index contributed by atoms with van der Waals surface area (Å²) >= 11 is 0. The lowest BCUT2D eigenvalue weighted by Crippen LogP contribution is -2.13. The van der Waals surface area contributed by atoms with Crippen molar-refractivity contribution in [2.75, 3.05) is 14.2 Å².